The fraction of sp³-hybridized carbons (Fsp3) is 0.667. The van der Waals surface area contributed by atoms with Gasteiger partial charge in [0.05, 0.1) is 0 Å². The summed E-state index contributed by atoms with van der Waals surface area (Å²) >= 11 is 0. The smallest absolute Gasteiger partial charge is 0.131 e. The summed E-state index contributed by atoms with van der Waals surface area (Å²) in [5, 5.41) is 0. The van der Waals surface area contributed by atoms with E-state index in [2.05, 4.69) is 36.8 Å². The second kappa shape index (κ2) is 5.70. The van der Waals surface area contributed by atoms with Crippen LogP contribution in [0, 0.1) is 11.8 Å². The van der Waals surface area contributed by atoms with E-state index in [1.165, 1.54) is 12.0 Å². The van der Waals surface area contributed by atoms with Gasteiger partial charge in [-0.25, -0.2) is 4.98 Å². The SMILES string of the molecule is CCC(N)Cc1cccnc1N(C)CC1CC1C. The molecule has 3 unspecified atom stereocenters. The number of nitrogens with zero attached hydrogens (tertiary/aromatic N) is 2. The summed E-state index contributed by atoms with van der Waals surface area (Å²) in [6.07, 6.45) is 5.17. The Balaban J connectivity index is 2.05. The van der Waals surface area contributed by atoms with E-state index >= 15 is 0 Å². The molecule has 2 rings (SSSR count). The first kappa shape index (κ1) is 13.3. The highest BCUT2D eigenvalue weighted by Crippen LogP contribution is 2.38. The fourth-order valence-electron chi connectivity index (χ4n) is 2.45. The topological polar surface area (TPSA) is 42.1 Å². The maximum absolute atomic E-state index is 6.06. The lowest BCUT2D eigenvalue weighted by molar-refractivity contribution is 0.641. The van der Waals surface area contributed by atoms with Gasteiger partial charge in [0.2, 0.25) is 0 Å². The predicted octanol–water partition coefficient (Wildman–Crippen LogP) is 2.45. The summed E-state index contributed by atoms with van der Waals surface area (Å²) in [6, 6.07) is 4.40. The second-order valence-corrected chi connectivity index (χ2v) is 5.71. The average Bonchev–Trinajstić information content (AvgIpc) is 3.05. The molecule has 1 aliphatic rings. The molecule has 3 nitrogen and oxygen atoms in total. The van der Waals surface area contributed by atoms with E-state index in [-0.39, 0.29) is 6.04 Å². The van der Waals surface area contributed by atoms with Gasteiger partial charge >= 0.3 is 0 Å². The van der Waals surface area contributed by atoms with Crippen LogP contribution in [-0.2, 0) is 6.42 Å². The molecule has 18 heavy (non-hydrogen) atoms. The fourth-order valence-corrected chi connectivity index (χ4v) is 2.45. The summed E-state index contributed by atoms with van der Waals surface area (Å²) in [7, 11) is 2.15. The molecule has 1 heterocycles. The zero-order valence-electron chi connectivity index (χ0n) is 11.8. The van der Waals surface area contributed by atoms with Gasteiger partial charge in [-0.15, -0.1) is 0 Å². The largest absolute Gasteiger partial charge is 0.359 e. The van der Waals surface area contributed by atoms with Gasteiger partial charge in [0, 0.05) is 25.8 Å². The average molecular weight is 247 g/mol. The Kier molecular flexibility index (Phi) is 4.23. The van der Waals surface area contributed by atoms with Crippen LogP contribution < -0.4 is 10.6 Å². The molecule has 0 spiro atoms. The first-order chi connectivity index (χ1) is 8.61. The van der Waals surface area contributed by atoms with Crippen LogP contribution in [0.5, 0.6) is 0 Å². The molecular weight excluding hydrogens is 222 g/mol. The highest BCUT2D eigenvalue weighted by molar-refractivity contribution is 5.46. The summed E-state index contributed by atoms with van der Waals surface area (Å²) < 4.78 is 0. The van der Waals surface area contributed by atoms with Crippen LogP contribution in [0.4, 0.5) is 5.82 Å². The lowest BCUT2D eigenvalue weighted by Crippen LogP contribution is -2.26. The van der Waals surface area contributed by atoms with E-state index in [1.54, 1.807) is 0 Å². The van der Waals surface area contributed by atoms with Gasteiger partial charge in [-0.2, -0.15) is 0 Å². The lowest BCUT2D eigenvalue weighted by atomic mass is 10.1. The van der Waals surface area contributed by atoms with Crippen LogP contribution in [0.2, 0.25) is 0 Å². The third kappa shape index (κ3) is 3.22. The van der Waals surface area contributed by atoms with Crippen molar-refractivity contribution in [3.8, 4) is 0 Å². The van der Waals surface area contributed by atoms with Crippen molar-refractivity contribution in [2.75, 3.05) is 18.5 Å². The van der Waals surface area contributed by atoms with Crippen LogP contribution >= 0.6 is 0 Å². The van der Waals surface area contributed by atoms with E-state index in [0.29, 0.717) is 0 Å². The van der Waals surface area contributed by atoms with E-state index in [0.717, 1.165) is 37.0 Å². The second-order valence-electron chi connectivity index (χ2n) is 5.71. The Hall–Kier alpha value is -1.09. The number of hydrogen-bond donors (Lipinski definition) is 1. The maximum atomic E-state index is 6.06. The molecule has 1 aromatic rings. The van der Waals surface area contributed by atoms with Crippen LogP contribution in [0.1, 0.15) is 32.3 Å². The Bertz CT molecular complexity index is 391. The van der Waals surface area contributed by atoms with Crippen molar-refractivity contribution in [1.82, 2.24) is 4.98 Å². The molecule has 0 aromatic carbocycles. The molecule has 0 radical (unpaired) electrons. The van der Waals surface area contributed by atoms with Gasteiger partial charge in [0.25, 0.3) is 0 Å². The minimum atomic E-state index is 0.237. The molecule has 0 bridgehead atoms. The zero-order valence-corrected chi connectivity index (χ0v) is 11.8. The molecule has 2 N–H and O–H groups in total. The number of anilines is 1. The summed E-state index contributed by atoms with van der Waals surface area (Å²) in [6.45, 7) is 5.58. The minimum Gasteiger partial charge on any atom is -0.359 e. The van der Waals surface area contributed by atoms with Crippen molar-refractivity contribution < 1.29 is 0 Å². The number of hydrogen-bond acceptors (Lipinski definition) is 3. The molecule has 0 saturated heterocycles. The molecule has 0 aliphatic heterocycles. The molecule has 100 valence electrons. The van der Waals surface area contributed by atoms with Crippen LogP contribution in [0.3, 0.4) is 0 Å². The van der Waals surface area contributed by atoms with Crippen LogP contribution in [0.15, 0.2) is 18.3 Å². The van der Waals surface area contributed by atoms with Crippen molar-refractivity contribution >= 4 is 5.82 Å². The molecule has 0 amide bonds. The molecule has 3 atom stereocenters. The predicted molar refractivity (Wildman–Crippen MR) is 76.7 cm³/mol. The third-order valence-corrected chi connectivity index (χ3v) is 4.02. The molecule has 1 aliphatic carbocycles. The van der Waals surface area contributed by atoms with Gasteiger partial charge in [0.1, 0.15) is 5.82 Å². The van der Waals surface area contributed by atoms with Crippen molar-refractivity contribution in [2.45, 2.75) is 39.2 Å². The monoisotopic (exact) mass is 247 g/mol. The summed E-state index contributed by atoms with van der Waals surface area (Å²) in [5.41, 5.74) is 7.34. The van der Waals surface area contributed by atoms with Crippen LogP contribution in [-0.4, -0.2) is 24.6 Å². The highest BCUT2D eigenvalue weighted by Gasteiger charge is 2.33. The van der Waals surface area contributed by atoms with Gasteiger partial charge in [-0.05, 0) is 42.7 Å². The van der Waals surface area contributed by atoms with Gasteiger partial charge in [0.15, 0.2) is 0 Å². The summed E-state index contributed by atoms with van der Waals surface area (Å²) in [5.74, 6) is 2.85. The minimum absolute atomic E-state index is 0.237. The Labute approximate surface area is 110 Å². The van der Waals surface area contributed by atoms with Gasteiger partial charge in [-0.1, -0.05) is 19.9 Å². The number of aromatic nitrogens is 1. The first-order valence-electron chi connectivity index (χ1n) is 7.02. The zero-order chi connectivity index (χ0) is 13.1. The summed E-state index contributed by atoms with van der Waals surface area (Å²) in [4.78, 5) is 6.84. The van der Waals surface area contributed by atoms with Crippen molar-refractivity contribution in [1.29, 1.82) is 0 Å². The third-order valence-electron chi connectivity index (χ3n) is 4.02. The normalized spacial score (nSPS) is 23.8. The van der Waals surface area contributed by atoms with Gasteiger partial charge in [-0.3, -0.25) is 0 Å². The number of rotatable bonds is 6. The number of nitrogens with two attached hydrogens (primary N) is 1. The molecule has 1 aromatic heterocycles. The van der Waals surface area contributed by atoms with Crippen molar-refractivity contribution in [3.05, 3.63) is 23.9 Å². The lowest BCUT2D eigenvalue weighted by Gasteiger charge is -2.22. The number of pyridine rings is 1. The molecule has 1 fully saturated rings. The first-order valence-corrected chi connectivity index (χ1v) is 7.02. The van der Waals surface area contributed by atoms with Crippen LogP contribution in [0.25, 0.3) is 0 Å². The van der Waals surface area contributed by atoms with E-state index in [4.69, 9.17) is 5.73 Å². The Morgan fingerprint density at radius 1 is 1.56 bits per heavy atom. The van der Waals surface area contributed by atoms with E-state index in [9.17, 15) is 0 Å². The molecule has 3 heteroatoms. The maximum Gasteiger partial charge on any atom is 0.131 e. The molecular formula is C15H25N3. The van der Waals surface area contributed by atoms with Gasteiger partial charge < -0.3 is 10.6 Å². The van der Waals surface area contributed by atoms with E-state index in [1.807, 2.05) is 12.3 Å². The standard InChI is InChI=1S/C15H25N3/c1-4-14(16)9-12-6-5-7-17-15(12)18(3)10-13-8-11(13)2/h5-7,11,13-14H,4,8-10,16H2,1-3H3. The van der Waals surface area contributed by atoms with Crippen molar-refractivity contribution in [2.24, 2.45) is 17.6 Å². The Morgan fingerprint density at radius 3 is 2.89 bits per heavy atom. The Morgan fingerprint density at radius 2 is 2.28 bits per heavy atom. The quantitative estimate of drug-likeness (QED) is 0.839. The highest BCUT2D eigenvalue weighted by atomic mass is 15.2. The van der Waals surface area contributed by atoms with Crippen molar-refractivity contribution in [3.63, 3.8) is 0 Å². The van der Waals surface area contributed by atoms with E-state index < -0.39 is 0 Å². The molecule has 1 saturated carbocycles.